The van der Waals surface area contributed by atoms with Gasteiger partial charge in [0.05, 0.1) is 21.3 Å². The van der Waals surface area contributed by atoms with Crippen molar-refractivity contribution < 1.29 is 19.1 Å². The van der Waals surface area contributed by atoms with Crippen LogP contribution in [0, 0.1) is 5.41 Å². The van der Waals surface area contributed by atoms with Gasteiger partial charge in [-0.2, -0.15) is 0 Å². The van der Waals surface area contributed by atoms with Crippen LogP contribution in [0.5, 0.6) is 0 Å². The Kier molecular flexibility index (Phi) is 7.15. The smallest absolute Gasteiger partial charge is 0.324 e. The number of allylic oxidation sites excluding steroid dienone is 3. The molecule has 0 aromatic heterocycles. The molecule has 6 heteroatoms. The van der Waals surface area contributed by atoms with Crippen LogP contribution in [-0.2, 0) is 19.1 Å². The number of carbonyl (C=O) groups excluding carboxylic acids is 2. The van der Waals surface area contributed by atoms with Crippen LogP contribution in [0.2, 0.25) is 19.6 Å². The first-order chi connectivity index (χ1) is 15.0. The molecule has 0 spiro atoms. The van der Waals surface area contributed by atoms with Crippen molar-refractivity contribution in [3.05, 3.63) is 63.8 Å². The van der Waals surface area contributed by atoms with E-state index < -0.39 is 31.3 Å². The van der Waals surface area contributed by atoms with Gasteiger partial charge in [-0.3, -0.25) is 9.59 Å². The molecular formula is C26H31BrO4Si. The number of hydrogen-bond donors (Lipinski definition) is 0. The summed E-state index contributed by atoms with van der Waals surface area (Å²) < 4.78 is 11.7. The molecule has 4 nitrogen and oxygen atoms in total. The highest BCUT2D eigenvalue weighted by Crippen LogP contribution is 2.47. The summed E-state index contributed by atoms with van der Waals surface area (Å²) in [5.74, 6) is -1.64. The average molecular weight is 516 g/mol. The predicted molar refractivity (Wildman–Crippen MR) is 136 cm³/mol. The maximum Gasteiger partial charge on any atom is 0.324 e. The summed E-state index contributed by atoms with van der Waals surface area (Å²) >= 11 is 3.66. The normalized spacial score (nSPS) is 17.3. The van der Waals surface area contributed by atoms with Crippen LogP contribution < -0.4 is 0 Å². The standard InChI is InChI=1S/C26H31BrO4Si/c1-7-30-24(28)26(3,25(29)31-8-2)22-13-12-18(16-32(4,5)6)19-14-17-10-9-11-23(27)20(17)15-21(19)22/h9-16,22H,7-8H2,1-6H3/b18-16+. The molecule has 0 fully saturated rings. The number of ether oxygens (including phenoxy) is 2. The van der Waals surface area contributed by atoms with Gasteiger partial charge in [0.15, 0.2) is 5.41 Å². The lowest BCUT2D eigenvalue weighted by Crippen LogP contribution is -2.44. The lowest BCUT2D eigenvalue weighted by molar-refractivity contribution is -0.171. The number of rotatable bonds is 6. The highest BCUT2D eigenvalue weighted by atomic mass is 79.9. The summed E-state index contributed by atoms with van der Waals surface area (Å²) in [7, 11) is -1.53. The number of fused-ring (bicyclic) bond motifs is 2. The van der Waals surface area contributed by atoms with E-state index in [0.29, 0.717) is 0 Å². The number of benzene rings is 2. The van der Waals surface area contributed by atoms with E-state index in [9.17, 15) is 9.59 Å². The molecule has 32 heavy (non-hydrogen) atoms. The Morgan fingerprint density at radius 1 is 1.09 bits per heavy atom. The van der Waals surface area contributed by atoms with E-state index in [0.717, 1.165) is 31.9 Å². The highest BCUT2D eigenvalue weighted by Gasteiger charge is 2.52. The third-order valence-corrected chi connectivity index (χ3v) is 7.59. The fourth-order valence-electron chi connectivity index (χ4n) is 4.20. The molecule has 2 aromatic carbocycles. The highest BCUT2D eigenvalue weighted by molar-refractivity contribution is 9.10. The number of halogens is 1. The van der Waals surface area contributed by atoms with Crippen LogP contribution in [0.25, 0.3) is 16.3 Å². The third-order valence-electron chi connectivity index (χ3n) is 5.72. The molecule has 0 radical (unpaired) electrons. The van der Waals surface area contributed by atoms with Gasteiger partial charge in [0.2, 0.25) is 0 Å². The van der Waals surface area contributed by atoms with Gasteiger partial charge in [0, 0.05) is 10.4 Å². The fourth-order valence-corrected chi connectivity index (χ4v) is 5.88. The number of carbonyl (C=O) groups is 2. The molecule has 0 bridgehead atoms. The molecule has 1 unspecified atom stereocenters. The minimum absolute atomic E-state index is 0.196. The Labute approximate surface area is 199 Å². The van der Waals surface area contributed by atoms with Gasteiger partial charge in [-0.25, -0.2) is 0 Å². The van der Waals surface area contributed by atoms with Crippen LogP contribution in [0.4, 0.5) is 0 Å². The minimum Gasteiger partial charge on any atom is -0.465 e. The number of hydrogen-bond acceptors (Lipinski definition) is 4. The second kappa shape index (κ2) is 9.36. The molecule has 0 aliphatic heterocycles. The van der Waals surface area contributed by atoms with E-state index in [1.807, 2.05) is 24.3 Å². The van der Waals surface area contributed by atoms with Crippen LogP contribution in [0.1, 0.15) is 37.8 Å². The van der Waals surface area contributed by atoms with E-state index in [1.54, 1.807) is 20.8 Å². The minimum atomic E-state index is -1.53. The summed E-state index contributed by atoms with van der Waals surface area (Å²) in [5.41, 5.74) is 3.98. The quantitative estimate of drug-likeness (QED) is 0.246. The van der Waals surface area contributed by atoms with Crippen LogP contribution in [0.15, 0.2) is 52.7 Å². The Morgan fingerprint density at radius 2 is 1.72 bits per heavy atom. The molecule has 170 valence electrons. The van der Waals surface area contributed by atoms with Gasteiger partial charge in [-0.05, 0) is 66.4 Å². The Balaban J connectivity index is 2.32. The van der Waals surface area contributed by atoms with Gasteiger partial charge in [-0.15, -0.1) is 0 Å². The van der Waals surface area contributed by atoms with E-state index in [2.05, 4.69) is 59.5 Å². The van der Waals surface area contributed by atoms with E-state index in [4.69, 9.17) is 9.47 Å². The molecule has 1 aliphatic rings. The molecular weight excluding hydrogens is 484 g/mol. The first-order valence-corrected chi connectivity index (χ1v) is 15.4. The summed E-state index contributed by atoms with van der Waals surface area (Å²) in [6, 6.07) is 10.3. The van der Waals surface area contributed by atoms with E-state index in [-0.39, 0.29) is 13.2 Å². The fraction of sp³-hybridized carbons (Fsp3) is 0.385. The Bertz CT molecular complexity index is 1090. The van der Waals surface area contributed by atoms with Crippen molar-refractivity contribution in [3.63, 3.8) is 0 Å². The van der Waals surface area contributed by atoms with Gasteiger partial charge in [0.1, 0.15) is 0 Å². The molecule has 0 N–H and O–H groups in total. The lowest BCUT2D eigenvalue weighted by atomic mass is 9.68. The molecule has 0 saturated heterocycles. The summed E-state index contributed by atoms with van der Waals surface area (Å²) in [4.78, 5) is 26.3. The monoisotopic (exact) mass is 514 g/mol. The maximum atomic E-state index is 13.2. The molecule has 0 amide bonds. The topological polar surface area (TPSA) is 52.6 Å². The molecule has 1 aliphatic carbocycles. The molecule has 3 rings (SSSR count). The lowest BCUT2D eigenvalue weighted by Gasteiger charge is -2.35. The van der Waals surface area contributed by atoms with Gasteiger partial charge < -0.3 is 9.47 Å². The summed E-state index contributed by atoms with van der Waals surface area (Å²) in [6.07, 6.45) is 4.01. The molecule has 1 atom stereocenters. The maximum absolute atomic E-state index is 13.2. The first kappa shape index (κ1) is 24.5. The molecule has 0 saturated carbocycles. The first-order valence-electron chi connectivity index (χ1n) is 11.0. The molecule has 2 aromatic rings. The van der Waals surface area contributed by atoms with Crippen molar-refractivity contribution in [2.75, 3.05) is 13.2 Å². The molecule has 0 heterocycles. The largest absolute Gasteiger partial charge is 0.465 e. The van der Waals surface area contributed by atoms with Crippen molar-refractivity contribution in [2.24, 2.45) is 5.41 Å². The van der Waals surface area contributed by atoms with Gasteiger partial charge >= 0.3 is 11.9 Å². The zero-order chi connectivity index (χ0) is 23.7. The van der Waals surface area contributed by atoms with E-state index >= 15 is 0 Å². The zero-order valence-corrected chi connectivity index (χ0v) is 22.2. The van der Waals surface area contributed by atoms with Crippen LogP contribution >= 0.6 is 15.9 Å². The summed E-state index contributed by atoms with van der Waals surface area (Å²) in [5, 5.41) is 2.14. The summed E-state index contributed by atoms with van der Waals surface area (Å²) in [6.45, 7) is 12.4. The SMILES string of the molecule is CCOC(=O)C(C)(C(=O)OCC)C1C=C/C(=C\[Si](C)(C)C)c2cc3cccc(Br)c3cc21. The Hall–Kier alpha value is -2.18. The van der Waals surface area contributed by atoms with Crippen molar-refractivity contribution in [1.29, 1.82) is 0 Å². The number of esters is 2. The Morgan fingerprint density at radius 3 is 2.28 bits per heavy atom. The van der Waals surface area contributed by atoms with Gasteiger partial charge in [0.25, 0.3) is 0 Å². The van der Waals surface area contributed by atoms with Crippen LogP contribution in [0.3, 0.4) is 0 Å². The third kappa shape index (κ3) is 4.62. The van der Waals surface area contributed by atoms with Crippen LogP contribution in [-0.4, -0.2) is 33.2 Å². The second-order valence-electron chi connectivity index (χ2n) is 9.35. The van der Waals surface area contributed by atoms with Crippen molar-refractivity contribution in [1.82, 2.24) is 0 Å². The van der Waals surface area contributed by atoms with Crippen molar-refractivity contribution in [2.45, 2.75) is 46.3 Å². The van der Waals surface area contributed by atoms with E-state index in [1.165, 1.54) is 0 Å². The average Bonchev–Trinajstić information content (AvgIpc) is 2.72. The van der Waals surface area contributed by atoms with Crippen molar-refractivity contribution in [3.8, 4) is 0 Å². The zero-order valence-electron chi connectivity index (χ0n) is 19.6. The van der Waals surface area contributed by atoms with Gasteiger partial charge in [-0.1, -0.05) is 65.6 Å². The second-order valence-corrected chi connectivity index (χ2v) is 15.2. The predicted octanol–water partition coefficient (Wildman–Crippen LogP) is 6.65. The van der Waals surface area contributed by atoms with Crippen molar-refractivity contribution >= 4 is 52.3 Å².